The standard InChI is InChI=1S/C25H23N3O3S/c1-32-17-8-4-7-16(15-17)26-25(30)28-20-11-3-2-9-18(20)27-19-10-5-12-21(29)23(19)24(28)22-13-6-14-31-22/h2-4,6-9,11,13-15,24,27H,5,10,12H2,1H3,(H,26,30)/t24-/m1/s1. The predicted octanol–water partition coefficient (Wildman–Crippen LogP) is 6.21. The van der Waals surface area contributed by atoms with Crippen LogP contribution in [0.15, 0.2) is 87.5 Å². The number of Topliss-reactive ketones (excluding diaryl/α,β-unsaturated/α-hetero) is 1. The van der Waals surface area contributed by atoms with Crippen LogP contribution in [-0.2, 0) is 4.79 Å². The van der Waals surface area contributed by atoms with Gasteiger partial charge in [-0.1, -0.05) is 18.2 Å². The lowest BCUT2D eigenvalue weighted by Gasteiger charge is -2.32. The minimum atomic E-state index is -0.660. The number of nitrogens with one attached hydrogen (secondary N) is 2. The fraction of sp³-hybridized carbons (Fsp3) is 0.200. The summed E-state index contributed by atoms with van der Waals surface area (Å²) in [6, 6.07) is 17.9. The first kappa shape index (κ1) is 20.5. The molecule has 32 heavy (non-hydrogen) atoms. The van der Waals surface area contributed by atoms with Gasteiger partial charge in [0, 0.05) is 28.3 Å². The Morgan fingerprint density at radius 1 is 1.12 bits per heavy atom. The van der Waals surface area contributed by atoms with Crippen LogP contribution in [0.4, 0.5) is 21.9 Å². The molecule has 0 saturated heterocycles. The van der Waals surface area contributed by atoms with Crippen molar-refractivity contribution >= 4 is 40.6 Å². The van der Waals surface area contributed by atoms with Crippen molar-refractivity contribution in [3.63, 3.8) is 0 Å². The molecule has 2 heterocycles. The zero-order valence-corrected chi connectivity index (χ0v) is 18.4. The van der Waals surface area contributed by atoms with Crippen molar-refractivity contribution < 1.29 is 14.0 Å². The first-order valence-electron chi connectivity index (χ1n) is 10.6. The molecule has 2 amide bonds. The fourth-order valence-corrected chi connectivity index (χ4v) is 4.82. The molecule has 5 rings (SSSR count). The highest BCUT2D eigenvalue weighted by Crippen LogP contribution is 2.45. The van der Waals surface area contributed by atoms with Gasteiger partial charge in [0.2, 0.25) is 0 Å². The maximum atomic E-state index is 13.8. The Labute approximate surface area is 190 Å². The molecule has 0 fully saturated rings. The summed E-state index contributed by atoms with van der Waals surface area (Å²) in [7, 11) is 0. The number of thioether (sulfide) groups is 1. The number of furan rings is 1. The highest BCUT2D eigenvalue weighted by molar-refractivity contribution is 7.98. The monoisotopic (exact) mass is 445 g/mol. The molecule has 0 radical (unpaired) electrons. The van der Waals surface area contributed by atoms with E-state index in [1.807, 2.05) is 60.9 Å². The number of hydrogen-bond donors (Lipinski definition) is 2. The van der Waals surface area contributed by atoms with Gasteiger partial charge in [0.25, 0.3) is 0 Å². The van der Waals surface area contributed by atoms with Crippen LogP contribution in [-0.4, -0.2) is 18.1 Å². The van der Waals surface area contributed by atoms with E-state index in [4.69, 9.17) is 4.42 Å². The van der Waals surface area contributed by atoms with Crippen molar-refractivity contribution in [3.05, 3.63) is 84.0 Å². The number of amides is 2. The van der Waals surface area contributed by atoms with E-state index >= 15 is 0 Å². The van der Waals surface area contributed by atoms with Crippen LogP contribution in [0.5, 0.6) is 0 Å². The van der Waals surface area contributed by atoms with Crippen molar-refractivity contribution in [2.45, 2.75) is 30.2 Å². The molecular formula is C25H23N3O3S. The van der Waals surface area contributed by atoms with Crippen LogP contribution in [0, 0.1) is 0 Å². The van der Waals surface area contributed by atoms with Crippen molar-refractivity contribution in [2.24, 2.45) is 0 Å². The number of carbonyl (C=O) groups excluding carboxylic acids is 2. The lowest BCUT2D eigenvalue weighted by molar-refractivity contribution is -0.116. The minimum absolute atomic E-state index is 0.0372. The quantitative estimate of drug-likeness (QED) is 0.469. The minimum Gasteiger partial charge on any atom is -0.467 e. The third-order valence-corrected chi connectivity index (χ3v) is 6.51. The number of ketones is 1. The molecule has 0 unspecified atom stereocenters. The third-order valence-electron chi connectivity index (χ3n) is 5.79. The average molecular weight is 446 g/mol. The van der Waals surface area contributed by atoms with E-state index in [0.717, 1.165) is 29.1 Å². The number of nitrogens with zero attached hydrogens (tertiary/aromatic N) is 1. The van der Waals surface area contributed by atoms with E-state index in [9.17, 15) is 9.59 Å². The Morgan fingerprint density at radius 2 is 2.00 bits per heavy atom. The molecule has 1 aliphatic carbocycles. The Bertz CT molecular complexity index is 1200. The highest BCUT2D eigenvalue weighted by atomic mass is 32.2. The SMILES string of the molecule is CSc1cccc(NC(=O)N2c3ccccc3NC3=C(C(=O)CCC3)[C@H]2c2ccco2)c1. The predicted molar refractivity (Wildman–Crippen MR) is 127 cm³/mol. The van der Waals surface area contributed by atoms with Crippen LogP contribution in [0.25, 0.3) is 0 Å². The van der Waals surface area contributed by atoms with Gasteiger partial charge in [0.15, 0.2) is 5.78 Å². The summed E-state index contributed by atoms with van der Waals surface area (Å²) in [6.07, 6.45) is 5.56. The molecule has 2 N–H and O–H groups in total. The van der Waals surface area contributed by atoms with Gasteiger partial charge in [0.05, 0.1) is 17.6 Å². The van der Waals surface area contributed by atoms with Crippen molar-refractivity contribution in [3.8, 4) is 0 Å². The molecule has 7 heteroatoms. The maximum Gasteiger partial charge on any atom is 0.327 e. The van der Waals surface area contributed by atoms with E-state index in [2.05, 4.69) is 10.6 Å². The molecule has 1 atom stereocenters. The number of anilines is 3. The van der Waals surface area contributed by atoms with Crippen molar-refractivity contribution in [1.82, 2.24) is 0 Å². The van der Waals surface area contributed by atoms with E-state index in [-0.39, 0.29) is 11.8 Å². The van der Waals surface area contributed by atoms with E-state index < -0.39 is 6.04 Å². The molecule has 0 saturated carbocycles. The summed E-state index contributed by atoms with van der Waals surface area (Å²) >= 11 is 1.61. The van der Waals surface area contributed by atoms with E-state index in [1.54, 1.807) is 29.0 Å². The number of allylic oxidation sites excluding steroid dienone is 1. The molecule has 1 aliphatic heterocycles. The Morgan fingerprint density at radius 3 is 2.81 bits per heavy atom. The lowest BCUT2D eigenvalue weighted by atomic mass is 9.88. The number of rotatable bonds is 3. The molecule has 6 nitrogen and oxygen atoms in total. The van der Waals surface area contributed by atoms with Gasteiger partial charge < -0.3 is 15.1 Å². The van der Waals surface area contributed by atoms with E-state index in [1.165, 1.54) is 0 Å². The summed E-state index contributed by atoms with van der Waals surface area (Å²) in [5.74, 6) is 0.592. The Balaban J connectivity index is 1.65. The van der Waals surface area contributed by atoms with Crippen LogP contribution < -0.4 is 15.5 Å². The van der Waals surface area contributed by atoms with Crippen molar-refractivity contribution in [2.75, 3.05) is 21.8 Å². The third kappa shape index (κ3) is 3.69. The normalized spacial score (nSPS) is 17.8. The molecule has 0 spiro atoms. The van der Waals surface area contributed by atoms with Gasteiger partial charge in [-0.3, -0.25) is 9.69 Å². The van der Waals surface area contributed by atoms with Gasteiger partial charge >= 0.3 is 6.03 Å². The molecule has 1 aromatic heterocycles. The zero-order chi connectivity index (χ0) is 22.1. The van der Waals surface area contributed by atoms with Crippen molar-refractivity contribution in [1.29, 1.82) is 0 Å². The largest absolute Gasteiger partial charge is 0.467 e. The summed E-state index contributed by atoms with van der Waals surface area (Å²) in [5.41, 5.74) is 3.62. The van der Waals surface area contributed by atoms with Crippen LogP contribution in [0.3, 0.4) is 0 Å². The molecular weight excluding hydrogens is 422 g/mol. The first-order valence-corrected chi connectivity index (χ1v) is 11.8. The van der Waals surface area contributed by atoms with Crippen LogP contribution >= 0.6 is 11.8 Å². The zero-order valence-electron chi connectivity index (χ0n) is 17.6. The summed E-state index contributed by atoms with van der Waals surface area (Å²) in [4.78, 5) is 29.6. The second kappa shape index (κ2) is 8.59. The molecule has 162 valence electrons. The van der Waals surface area contributed by atoms with Gasteiger partial charge in [0.1, 0.15) is 11.8 Å². The number of hydrogen-bond acceptors (Lipinski definition) is 5. The summed E-state index contributed by atoms with van der Waals surface area (Å²) in [5, 5.41) is 6.47. The van der Waals surface area contributed by atoms with E-state index in [0.29, 0.717) is 29.1 Å². The fourth-order valence-electron chi connectivity index (χ4n) is 4.36. The summed E-state index contributed by atoms with van der Waals surface area (Å²) < 4.78 is 5.77. The Kier molecular flexibility index (Phi) is 5.49. The highest BCUT2D eigenvalue weighted by Gasteiger charge is 2.41. The number of para-hydroxylation sites is 2. The maximum absolute atomic E-state index is 13.8. The number of benzene rings is 2. The second-order valence-electron chi connectivity index (χ2n) is 7.76. The Hall–Kier alpha value is -3.45. The first-order chi connectivity index (χ1) is 15.7. The number of carbonyl (C=O) groups is 2. The molecule has 2 aromatic carbocycles. The van der Waals surface area contributed by atoms with Gasteiger partial charge in [-0.05, 0) is 61.6 Å². The molecule has 0 bridgehead atoms. The van der Waals surface area contributed by atoms with Crippen LogP contribution in [0.1, 0.15) is 31.1 Å². The number of fused-ring (bicyclic) bond motifs is 1. The molecule has 3 aromatic rings. The number of urea groups is 1. The summed E-state index contributed by atoms with van der Waals surface area (Å²) in [6.45, 7) is 0. The lowest BCUT2D eigenvalue weighted by Crippen LogP contribution is -2.40. The van der Waals surface area contributed by atoms with Gasteiger partial charge in [-0.15, -0.1) is 11.8 Å². The second-order valence-corrected chi connectivity index (χ2v) is 8.64. The topological polar surface area (TPSA) is 74.6 Å². The van der Waals surface area contributed by atoms with Gasteiger partial charge in [-0.25, -0.2) is 4.79 Å². The van der Waals surface area contributed by atoms with Gasteiger partial charge in [-0.2, -0.15) is 0 Å². The molecule has 2 aliphatic rings. The van der Waals surface area contributed by atoms with Crippen LogP contribution in [0.2, 0.25) is 0 Å². The smallest absolute Gasteiger partial charge is 0.327 e. The average Bonchev–Trinajstić information content (AvgIpc) is 3.28.